The van der Waals surface area contributed by atoms with Gasteiger partial charge in [0.1, 0.15) is 0 Å². The molecule has 0 aliphatic heterocycles. The number of rotatable bonds is 21. The van der Waals surface area contributed by atoms with Crippen LogP contribution in [0, 0.1) is 0 Å². The van der Waals surface area contributed by atoms with Gasteiger partial charge in [0.25, 0.3) is 0 Å². The second-order valence-electron chi connectivity index (χ2n) is 8.59. The van der Waals surface area contributed by atoms with Crippen LogP contribution in [0.1, 0.15) is 110 Å². The van der Waals surface area contributed by atoms with Gasteiger partial charge in [-0.15, -0.1) is 0 Å². The van der Waals surface area contributed by atoms with E-state index in [1.807, 2.05) is 0 Å². The third-order valence-electron chi connectivity index (χ3n) is 5.69. The maximum absolute atomic E-state index is 3.90. The number of nitrogens with zero attached hydrogens (tertiary/aromatic N) is 1. The molecule has 0 N–H and O–H groups in total. The topological polar surface area (TPSA) is 0 Å². The number of likely N-dealkylation sites (N-methyl/N-ethyl adjacent to an activating group) is 1. The predicted molar refractivity (Wildman–Crippen MR) is 121 cm³/mol. The van der Waals surface area contributed by atoms with Crippen molar-refractivity contribution in [2.75, 3.05) is 26.7 Å². The van der Waals surface area contributed by atoms with Gasteiger partial charge in [0.15, 0.2) is 0 Å². The van der Waals surface area contributed by atoms with E-state index >= 15 is 0 Å². The molecule has 0 spiro atoms. The zero-order valence-corrected chi connectivity index (χ0v) is 19.6. The van der Waals surface area contributed by atoms with Crippen LogP contribution in [0.4, 0.5) is 0 Å². The van der Waals surface area contributed by atoms with E-state index in [9.17, 15) is 0 Å². The molecule has 0 bridgehead atoms. The lowest BCUT2D eigenvalue weighted by Crippen LogP contribution is -3.00. The quantitative estimate of drug-likeness (QED) is 0.143. The van der Waals surface area contributed by atoms with E-state index in [1.54, 1.807) is 0 Å². The zero-order chi connectivity index (χ0) is 19.3. The zero-order valence-electron chi connectivity index (χ0n) is 18.8. The third-order valence-corrected chi connectivity index (χ3v) is 5.69. The number of halogens is 1. The molecule has 2 heteroatoms. The molecule has 0 aliphatic carbocycles. The van der Waals surface area contributed by atoms with Crippen LogP contribution in [0.15, 0.2) is 25.3 Å². The predicted octanol–water partition coefficient (Wildman–Crippen LogP) is 5.07. The average Bonchev–Trinajstić information content (AvgIpc) is 2.62. The van der Waals surface area contributed by atoms with Gasteiger partial charge in [0.2, 0.25) is 0 Å². The minimum atomic E-state index is 0. The summed E-state index contributed by atoms with van der Waals surface area (Å²) in [5.74, 6) is 0. The summed E-state index contributed by atoms with van der Waals surface area (Å²) in [6.07, 6.45) is 27.1. The van der Waals surface area contributed by atoms with Crippen LogP contribution in [0.2, 0.25) is 0 Å². The molecule has 0 fully saturated rings. The molecule has 0 atom stereocenters. The third kappa shape index (κ3) is 20.3. The summed E-state index contributed by atoms with van der Waals surface area (Å²) in [5.41, 5.74) is 0. The minimum Gasteiger partial charge on any atom is -1.00 e. The van der Waals surface area contributed by atoms with Gasteiger partial charge in [-0.3, -0.25) is 0 Å². The Bertz CT molecular complexity index is 303. The van der Waals surface area contributed by atoms with Crippen LogP contribution < -0.4 is 12.4 Å². The molecule has 0 heterocycles. The Kier molecular flexibility index (Phi) is 23.6. The highest BCUT2D eigenvalue weighted by Crippen LogP contribution is 2.14. The molecule has 162 valence electrons. The van der Waals surface area contributed by atoms with Gasteiger partial charge in [-0.05, 0) is 25.0 Å². The molecule has 27 heavy (non-hydrogen) atoms. The van der Waals surface area contributed by atoms with Gasteiger partial charge in [0.05, 0.1) is 26.7 Å². The molecule has 0 aromatic heterocycles. The summed E-state index contributed by atoms with van der Waals surface area (Å²) < 4.78 is 1.08. The highest BCUT2D eigenvalue weighted by molar-refractivity contribution is 4.71. The summed E-state index contributed by atoms with van der Waals surface area (Å²) in [7, 11) is 2.33. The molecule has 0 radical (unpaired) electrons. The van der Waals surface area contributed by atoms with Crippen molar-refractivity contribution in [3.63, 3.8) is 0 Å². The highest BCUT2D eigenvalue weighted by atomic mass is 35.5. The van der Waals surface area contributed by atoms with Gasteiger partial charge in [0, 0.05) is 0 Å². The molecule has 0 unspecified atom stereocenters. The van der Waals surface area contributed by atoms with Crippen LogP contribution >= 0.6 is 0 Å². The Morgan fingerprint density at radius 1 is 0.556 bits per heavy atom. The average molecular weight is 400 g/mol. The Hall–Kier alpha value is -0.270. The summed E-state index contributed by atoms with van der Waals surface area (Å²) in [5, 5.41) is 0. The monoisotopic (exact) mass is 399 g/mol. The summed E-state index contributed by atoms with van der Waals surface area (Å²) in [6.45, 7) is 13.5. The second-order valence-corrected chi connectivity index (χ2v) is 8.59. The van der Waals surface area contributed by atoms with Crippen molar-refractivity contribution in [2.45, 2.75) is 110 Å². The Morgan fingerprint density at radius 2 is 0.852 bits per heavy atom. The molecule has 0 saturated carbocycles. The van der Waals surface area contributed by atoms with Gasteiger partial charge in [-0.1, -0.05) is 110 Å². The number of unbranched alkanes of at least 4 members (excludes halogenated alkanes) is 15. The summed E-state index contributed by atoms with van der Waals surface area (Å²) in [6, 6.07) is 0. The van der Waals surface area contributed by atoms with Crippen molar-refractivity contribution in [1.82, 2.24) is 0 Å². The van der Waals surface area contributed by atoms with Gasteiger partial charge >= 0.3 is 0 Å². The molecule has 0 rings (SSSR count). The fraction of sp³-hybridized carbons (Fsp3) is 0.840. The molecule has 0 aromatic carbocycles. The SMILES string of the molecule is C=CC[N+](C)(CC=C)CCCCCCCCCCCCCCCCCC.[Cl-]. The lowest BCUT2D eigenvalue weighted by molar-refractivity contribution is -0.898. The molecule has 0 amide bonds. The number of hydrogen-bond acceptors (Lipinski definition) is 0. The Morgan fingerprint density at radius 3 is 1.15 bits per heavy atom. The molecular weight excluding hydrogens is 350 g/mol. The first-order valence-corrected chi connectivity index (χ1v) is 11.7. The van der Waals surface area contributed by atoms with Gasteiger partial charge in [-0.2, -0.15) is 0 Å². The van der Waals surface area contributed by atoms with E-state index < -0.39 is 0 Å². The van der Waals surface area contributed by atoms with E-state index in [-0.39, 0.29) is 12.4 Å². The minimum absolute atomic E-state index is 0. The first-order valence-electron chi connectivity index (χ1n) is 11.7. The fourth-order valence-electron chi connectivity index (χ4n) is 3.92. The van der Waals surface area contributed by atoms with Crippen LogP contribution in [0.3, 0.4) is 0 Å². The smallest absolute Gasteiger partial charge is 0.0971 e. The first kappa shape index (κ1) is 28.9. The van der Waals surface area contributed by atoms with Crippen molar-refractivity contribution in [3.8, 4) is 0 Å². The highest BCUT2D eigenvalue weighted by Gasteiger charge is 2.16. The van der Waals surface area contributed by atoms with Crippen molar-refractivity contribution in [3.05, 3.63) is 25.3 Å². The molecule has 0 aliphatic rings. The molecule has 0 aromatic rings. The normalized spacial score (nSPS) is 11.2. The van der Waals surface area contributed by atoms with Crippen molar-refractivity contribution >= 4 is 0 Å². The number of hydrogen-bond donors (Lipinski definition) is 0. The van der Waals surface area contributed by atoms with E-state index in [0.717, 1.165) is 17.6 Å². The summed E-state index contributed by atoms with van der Waals surface area (Å²) in [4.78, 5) is 0. The van der Waals surface area contributed by atoms with Gasteiger partial charge < -0.3 is 16.9 Å². The molecule has 0 saturated heterocycles. The van der Waals surface area contributed by atoms with Crippen LogP contribution in [0.5, 0.6) is 0 Å². The van der Waals surface area contributed by atoms with Crippen molar-refractivity contribution in [2.24, 2.45) is 0 Å². The Labute approximate surface area is 178 Å². The van der Waals surface area contributed by atoms with Crippen LogP contribution in [0.25, 0.3) is 0 Å². The second kappa shape index (κ2) is 22.0. The number of quaternary nitrogens is 1. The largest absolute Gasteiger partial charge is 1.00 e. The standard InChI is InChI=1S/C25H50N.ClH/c1-5-8-9-10-11-12-13-14-15-16-17-18-19-20-21-22-25-26(4,23-6-2)24-7-3;/h6-7H,2-3,5,8-25H2,1,4H3;1H/q+1;/p-1. The van der Waals surface area contributed by atoms with Crippen LogP contribution in [-0.2, 0) is 0 Å². The maximum atomic E-state index is 3.90. The summed E-state index contributed by atoms with van der Waals surface area (Å²) >= 11 is 0. The van der Waals surface area contributed by atoms with Crippen molar-refractivity contribution < 1.29 is 16.9 Å². The van der Waals surface area contributed by atoms with E-state index in [1.165, 1.54) is 109 Å². The fourth-order valence-corrected chi connectivity index (χ4v) is 3.92. The van der Waals surface area contributed by atoms with E-state index in [0.29, 0.717) is 0 Å². The van der Waals surface area contributed by atoms with Crippen LogP contribution in [-0.4, -0.2) is 31.2 Å². The molecule has 1 nitrogen and oxygen atoms in total. The van der Waals surface area contributed by atoms with E-state index in [2.05, 4.69) is 39.3 Å². The Balaban J connectivity index is 0. The molecular formula is C25H50ClN. The maximum Gasteiger partial charge on any atom is 0.0971 e. The van der Waals surface area contributed by atoms with Gasteiger partial charge in [-0.25, -0.2) is 0 Å². The lowest BCUT2D eigenvalue weighted by atomic mass is 10.0. The lowest BCUT2D eigenvalue weighted by Gasteiger charge is -2.32. The first-order chi connectivity index (χ1) is 12.7. The van der Waals surface area contributed by atoms with Crippen molar-refractivity contribution in [1.29, 1.82) is 0 Å². The van der Waals surface area contributed by atoms with E-state index in [4.69, 9.17) is 0 Å².